The minimum Gasteiger partial charge on any atom is -0.459 e. The first-order chi connectivity index (χ1) is 14.0. The lowest BCUT2D eigenvalue weighted by Crippen LogP contribution is -2.53. The summed E-state index contributed by atoms with van der Waals surface area (Å²) in [7, 11) is 1.59. The van der Waals surface area contributed by atoms with Crippen molar-refractivity contribution in [1.29, 1.82) is 5.26 Å². The fraction of sp³-hybridized carbons (Fsp3) is 0.636. The zero-order chi connectivity index (χ0) is 22.6. The van der Waals surface area contributed by atoms with Gasteiger partial charge in [0.1, 0.15) is 11.2 Å². The second kappa shape index (κ2) is 9.33. The van der Waals surface area contributed by atoms with Gasteiger partial charge in [0.05, 0.1) is 17.7 Å². The van der Waals surface area contributed by atoms with Gasteiger partial charge in [-0.1, -0.05) is 19.3 Å². The molecule has 164 valence electrons. The highest BCUT2D eigenvalue weighted by Crippen LogP contribution is 2.33. The molecule has 0 aromatic carbocycles. The third-order valence-electron chi connectivity index (χ3n) is 5.68. The van der Waals surface area contributed by atoms with E-state index in [9.17, 15) is 19.6 Å². The fourth-order valence-electron chi connectivity index (χ4n) is 3.95. The lowest BCUT2D eigenvalue weighted by molar-refractivity contribution is -0.143. The number of carbonyl (C=O) groups excluding carboxylic acids is 3. The summed E-state index contributed by atoms with van der Waals surface area (Å²) in [6, 6.07) is 2.29. The Morgan fingerprint density at radius 1 is 1.07 bits per heavy atom. The molecule has 1 fully saturated rings. The molecule has 0 spiro atoms. The molecule has 0 aliphatic heterocycles. The molecule has 0 bridgehead atoms. The predicted octanol–water partition coefficient (Wildman–Crippen LogP) is 3.43. The minimum absolute atomic E-state index is 0.109. The molecule has 8 nitrogen and oxygen atoms in total. The van der Waals surface area contributed by atoms with E-state index in [1.165, 1.54) is 11.8 Å². The molecule has 2 rings (SSSR count). The topological polar surface area (TPSA) is 112 Å². The molecular formula is C22H31N3O5. The molecule has 30 heavy (non-hydrogen) atoms. The number of amides is 1. The molecule has 0 radical (unpaired) electrons. The van der Waals surface area contributed by atoms with E-state index in [1.54, 1.807) is 34.7 Å². The monoisotopic (exact) mass is 417 g/mol. The molecule has 1 heterocycles. The van der Waals surface area contributed by atoms with Gasteiger partial charge in [0, 0.05) is 12.7 Å². The molecular weight excluding hydrogens is 386 g/mol. The summed E-state index contributed by atoms with van der Waals surface area (Å²) in [6.45, 7) is 8.28. The highest BCUT2D eigenvalue weighted by Gasteiger charge is 2.41. The van der Waals surface area contributed by atoms with Gasteiger partial charge in [-0.2, -0.15) is 5.26 Å². The van der Waals surface area contributed by atoms with Crippen LogP contribution in [-0.2, 0) is 14.3 Å². The van der Waals surface area contributed by atoms with Gasteiger partial charge < -0.3 is 19.4 Å². The average Bonchev–Trinajstić information content (AvgIpc) is 3.00. The van der Waals surface area contributed by atoms with E-state index < -0.39 is 29.5 Å². The van der Waals surface area contributed by atoms with Crippen molar-refractivity contribution >= 4 is 17.8 Å². The highest BCUT2D eigenvalue weighted by atomic mass is 16.6. The maximum absolute atomic E-state index is 12.9. The van der Waals surface area contributed by atoms with E-state index in [2.05, 4.69) is 11.1 Å². The van der Waals surface area contributed by atoms with Gasteiger partial charge >= 0.3 is 11.9 Å². The Kier molecular flexibility index (Phi) is 7.30. The summed E-state index contributed by atoms with van der Waals surface area (Å²) < 4.78 is 10.6. The first kappa shape index (κ1) is 23.5. The Labute approximate surface area is 177 Å². The van der Waals surface area contributed by atoms with Crippen molar-refractivity contribution in [2.24, 2.45) is 0 Å². The van der Waals surface area contributed by atoms with Crippen molar-refractivity contribution in [2.75, 3.05) is 7.05 Å². The number of nitrogens with zero attached hydrogens (tertiary/aromatic N) is 2. The molecule has 1 aliphatic carbocycles. The molecule has 1 aromatic heterocycles. The number of rotatable bonds is 6. The van der Waals surface area contributed by atoms with Crippen LogP contribution in [0.4, 0.5) is 0 Å². The van der Waals surface area contributed by atoms with Crippen molar-refractivity contribution in [1.82, 2.24) is 9.88 Å². The average molecular weight is 418 g/mol. The normalized spacial score (nSPS) is 16.5. The zero-order valence-corrected chi connectivity index (χ0v) is 18.6. The maximum atomic E-state index is 12.9. The molecule has 8 heteroatoms. The van der Waals surface area contributed by atoms with E-state index in [0.29, 0.717) is 24.1 Å². The highest BCUT2D eigenvalue weighted by molar-refractivity contribution is 5.99. The third kappa shape index (κ3) is 4.66. The molecule has 1 amide bonds. The first-order valence-corrected chi connectivity index (χ1v) is 10.3. The molecule has 1 saturated carbocycles. The quantitative estimate of drug-likeness (QED) is 0.710. The van der Waals surface area contributed by atoms with Gasteiger partial charge in [-0.3, -0.25) is 4.79 Å². The van der Waals surface area contributed by atoms with Crippen LogP contribution < -0.4 is 0 Å². The van der Waals surface area contributed by atoms with E-state index in [-0.39, 0.29) is 17.4 Å². The number of carbonyl (C=O) groups is 3. The number of esters is 2. The number of likely N-dealkylation sites (N-methyl/N-ethyl adjacent to an activating group) is 1. The lowest BCUT2D eigenvalue weighted by Gasteiger charge is -2.39. The third-order valence-corrected chi connectivity index (χ3v) is 5.68. The number of hydrogen-bond donors (Lipinski definition) is 1. The van der Waals surface area contributed by atoms with Gasteiger partial charge in [0.25, 0.3) is 5.91 Å². The van der Waals surface area contributed by atoms with Crippen molar-refractivity contribution < 1.29 is 23.9 Å². The molecule has 1 aliphatic rings. The van der Waals surface area contributed by atoms with Gasteiger partial charge in [0.15, 0.2) is 6.10 Å². The number of aryl methyl sites for hydroxylation is 1. The van der Waals surface area contributed by atoms with Crippen LogP contribution >= 0.6 is 0 Å². The van der Waals surface area contributed by atoms with E-state index in [4.69, 9.17) is 9.47 Å². The zero-order valence-electron chi connectivity index (χ0n) is 18.6. The number of H-pyrrole nitrogens is 1. The van der Waals surface area contributed by atoms with Crippen molar-refractivity contribution in [3.05, 3.63) is 22.5 Å². The van der Waals surface area contributed by atoms with E-state index >= 15 is 0 Å². The van der Waals surface area contributed by atoms with Crippen LogP contribution in [0, 0.1) is 25.2 Å². The van der Waals surface area contributed by atoms with Crippen molar-refractivity contribution in [3.63, 3.8) is 0 Å². The van der Waals surface area contributed by atoms with Crippen molar-refractivity contribution in [3.8, 4) is 6.07 Å². The van der Waals surface area contributed by atoms with Crippen LogP contribution in [0.2, 0.25) is 0 Å². The van der Waals surface area contributed by atoms with Crippen LogP contribution in [0.25, 0.3) is 0 Å². The molecule has 1 atom stereocenters. The number of ether oxygens (including phenoxy) is 2. The van der Waals surface area contributed by atoms with Crippen LogP contribution in [-0.4, -0.2) is 52.5 Å². The minimum atomic E-state index is -1.07. The second-order valence-corrected chi connectivity index (χ2v) is 8.23. The lowest BCUT2D eigenvalue weighted by atomic mass is 9.81. The first-order valence-electron chi connectivity index (χ1n) is 10.3. The molecule has 1 aromatic rings. The smallest absolute Gasteiger partial charge is 0.355 e. The summed E-state index contributed by atoms with van der Waals surface area (Å²) >= 11 is 0. The standard InChI is InChI=1S/C22H31N3O5/c1-13(2)29-20(27)17-14(3)18(24-15(17)4)21(28)30-16(5)19(26)25(6)22(12-23)10-8-7-9-11-22/h13,16,24H,7-11H2,1-6H3/t16-/m1/s1. The Balaban J connectivity index is 2.15. The fourth-order valence-corrected chi connectivity index (χ4v) is 3.95. The number of hydrogen-bond acceptors (Lipinski definition) is 6. The van der Waals surface area contributed by atoms with E-state index in [0.717, 1.165) is 19.3 Å². The Morgan fingerprint density at radius 3 is 2.20 bits per heavy atom. The number of aromatic nitrogens is 1. The van der Waals surface area contributed by atoms with Gasteiger partial charge in [0.2, 0.25) is 0 Å². The molecule has 1 N–H and O–H groups in total. The number of nitrogens with one attached hydrogen (secondary N) is 1. The Bertz CT molecular complexity index is 859. The molecule has 0 saturated heterocycles. The summed E-state index contributed by atoms with van der Waals surface area (Å²) in [5.41, 5.74) is 0.447. The Hall–Kier alpha value is -2.82. The number of nitriles is 1. The predicted molar refractivity (Wildman–Crippen MR) is 110 cm³/mol. The SMILES string of the molecule is Cc1[nH]c(C(=O)O[C@H](C)C(=O)N(C)C2(C#N)CCCCC2)c(C)c1C(=O)OC(C)C. The van der Waals surface area contributed by atoms with Crippen LogP contribution in [0.3, 0.4) is 0 Å². The van der Waals surface area contributed by atoms with E-state index in [1.807, 2.05) is 0 Å². The second-order valence-electron chi connectivity index (χ2n) is 8.23. The van der Waals surface area contributed by atoms with Crippen molar-refractivity contribution in [2.45, 2.75) is 84.5 Å². The van der Waals surface area contributed by atoms with Gasteiger partial charge in [-0.25, -0.2) is 9.59 Å². The van der Waals surface area contributed by atoms with Crippen LogP contribution in [0.15, 0.2) is 0 Å². The van der Waals surface area contributed by atoms with Gasteiger partial charge in [-0.15, -0.1) is 0 Å². The summed E-state index contributed by atoms with van der Waals surface area (Å²) in [4.78, 5) is 42.2. The summed E-state index contributed by atoms with van der Waals surface area (Å²) in [5, 5.41) is 9.69. The number of aromatic amines is 1. The van der Waals surface area contributed by atoms with Gasteiger partial charge in [-0.05, 0) is 53.0 Å². The maximum Gasteiger partial charge on any atom is 0.355 e. The largest absolute Gasteiger partial charge is 0.459 e. The van der Waals surface area contributed by atoms with Crippen LogP contribution in [0.5, 0.6) is 0 Å². The van der Waals surface area contributed by atoms with Crippen LogP contribution in [0.1, 0.15) is 85.0 Å². The molecule has 0 unspecified atom stereocenters. The summed E-state index contributed by atoms with van der Waals surface area (Å²) in [6.07, 6.45) is 2.69. The summed E-state index contributed by atoms with van der Waals surface area (Å²) in [5.74, 6) is -1.68. The Morgan fingerprint density at radius 2 is 1.67 bits per heavy atom.